The summed E-state index contributed by atoms with van der Waals surface area (Å²) in [7, 11) is 0. The van der Waals surface area contributed by atoms with Crippen molar-refractivity contribution in [2.24, 2.45) is 5.92 Å². The van der Waals surface area contributed by atoms with Crippen LogP contribution >= 0.6 is 0 Å². The van der Waals surface area contributed by atoms with Gasteiger partial charge in [-0.15, -0.1) is 0 Å². The van der Waals surface area contributed by atoms with Gasteiger partial charge in [-0.1, -0.05) is 0 Å². The van der Waals surface area contributed by atoms with Gasteiger partial charge in [0, 0.05) is 19.2 Å². The number of hydrogen-bond acceptors (Lipinski definition) is 5. The molecule has 2 heterocycles. The maximum atomic E-state index is 11.3. The fraction of sp³-hybridized carbons (Fsp3) is 0.615. The summed E-state index contributed by atoms with van der Waals surface area (Å²) in [6, 6.07) is 1.34. The summed E-state index contributed by atoms with van der Waals surface area (Å²) in [5, 5.41) is 18.1. The summed E-state index contributed by atoms with van der Waals surface area (Å²) in [4.78, 5) is 13.5. The van der Waals surface area contributed by atoms with Gasteiger partial charge in [-0.05, 0) is 31.7 Å². The number of likely N-dealkylation sites (tertiary alicyclic amines) is 1. The zero-order chi connectivity index (χ0) is 13.0. The van der Waals surface area contributed by atoms with E-state index in [1.807, 2.05) is 0 Å². The molecule has 18 heavy (non-hydrogen) atoms. The van der Waals surface area contributed by atoms with Crippen LogP contribution in [-0.2, 0) is 6.54 Å². The first-order chi connectivity index (χ1) is 8.69. The van der Waals surface area contributed by atoms with Gasteiger partial charge in [-0.25, -0.2) is 0 Å². The summed E-state index contributed by atoms with van der Waals surface area (Å²) in [6.45, 7) is 2.71. The van der Waals surface area contributed by atoms with Gasteiger partial charge in [0.25, 0.3) is 0 Å². The van der Waals surface area contributed by atoms with Crippen LogP contribution in [0.3, 0.4) is 0 Å². The van der Waals surface area contributed by atoms with Crippen LogP contribution in [0.15, 0.2) is 21.5 Å². The molecule has 0 aliphatic carbocycles. The zero-order valence-electron chi connectivity index (χ0n) is 10.3. The first-order valence-electron chi connectivity index (χ1n) is 6.33. The number of nitrogens with zero attached hydrogens (tertiary/aromatic N) is 1. The maximum absolute atomic E-state index is 11.3. The average Bonchev–Trinajstić information content (AvgIpc) is 2.35. The van der Waals surface area contributed by atoms with Gasteiger partial charge in [-0.3, -0.25) is 9.69 Å². The van der Waals surface area contributed by atoms with Gasteiger partial charge in [0.2, 0.25) is 5.43 Å². The third-order valence-electron chi connectivity index (χ3n) is 3.39. The Morgan fingerprint density at radius 2 is 2.33 bits per heavy atom. The lowest BCUT2D eigenvalue weighted by Crippen LogP contribution is -2.35. The van der Waals surface area contributed by atoms with E-state index < -0.39 is 5.43 Å². The van der Waals surface area contributed by atoms with E-state index in [0.29, 0.717) is 18.2 Å². The fourth-order valence-corrected chi connectivity index (χ4v) is 2.46. The highest BCUT2D eigenvalue weighted by molar-refractivity contribution is 5.15. The number of aromatic hydroxyl groups is 1. The van der Waals surface area contributed by atoms with E-state index in [0.717, 1.165) is 38.6 Å². The van der Waals surface area contributed by atoms with Crippen LogP contribution in [0.25, 0.3) is 0 Å². The predicted molar refractivity (Wildman–Crippen MR) is 66.3 cm³/mol. The molecule has 2 N–H and O–H groups in total. The van der Waals surface area contributed by atoms with Gasteiger partial charge >= 0.3 is 0 Å². The van der Waals surface area contributed by atoms with Crippen molar-refractivity contribution < 1.29 is 14.6 Å². The highest BCUT2D eigenvalue weighted by Crippen LogP contribution is 2.20. The fourth-order valence-electron chi connectivity index (χ4n) is 2.46. The zero-order valence-corrected chi connectivity index (χ0v) is 10.3. The van der Waals surface area contributed by atoms with Crippen LogP contribution in [0, 0.1) is 5.92 Å². The molecule has 1 atom stereocenters. The van der Waals surface area contributed by atoms with Crippen LogP contribution < -0.4 is 5.43 Å². The third-order valence-corrected chi connectivity index (χ3v) is 3.39. The molecular weight excluding hydrogens is 234 g/mol. The molecule has 0 aromatic carbocycles. The molecule has 0 radical (unpaired) electrons. The smallest absolute Gasteiger partial charge is 0.226 e. The third kappa shape index (κ3) is 3.34. The Kier molecular flexibility index (Phi) is 4.38. The van der Waals surface area contributed by atoms with Crippen LogP contribution in [0.5, 0.6) is 5.75 Å². The number of rotatable bonds is 4. The van der Waals surface area contributed by atoms with Gasteiger partial charge in [0.15, 0.2) is 5.75 Å². The molecule has 100 valence electrons. The molecule has 1 aliphatic heterocycles. The minimum atomic E-state index is -0.403. The summed E-state index contributed by atoms with van der Waals surface area (Å²) in [5.41, 5.74) is -0.403. The molecule has 5 nitrogen and oxygen atoms in total. The van der Waals surface area contributed by atoms with E-state index in [2.05, 4.69) is 4.90 Å². The number of hydrogen-bond donors (Lipinski definition) is 2. The van der Waals surface area contributed by atoms with Crippen molar-refractivity contribution in [1.82, 2.24) is 4.90 Å². The summed E-state index contributed by atoms with van der Waals surface area (Å²) in [5.74, 6) is 0.741. The molecule has 0 bridgehead atoms. The molecular formula is C13H19NO4. The van der Waals surface area contributed by atoms with Gasteiger partial charge in [0.1, 0.15) is 12.0 Å². The van der Waals surface area contributed by atoms with Crippen molar-refractivity contribution in [2.75, 3.05) is 19.7 Å². The molecule has 1 saturated heterocycles. The van der Waals surface area contributed by atoms with E-state index in [-0.39, 0.29) is 12.4 Å². The van der Waals surface area contributed by atoms with E-state index in [1.165, 1.54) is 6.07 Å². The summed E-state index contributed by atoms with van der Waals surface area (Å²) in [6.07, 6.45) is 4.17. The minimum Gasteiger partial charge on any atom is -0.502 e. The van der Waals surface area contributed by atoms with Crippen LogP contribution in [0.2, 0.25) is 0 Å². The van der Waals surface area contributed by atoms with E-state index in [9.17, 15) is 4.79 Å². The number of aliphatic hydroxyl groups is 1. The standard InChI is InChI=1S/C13H19NO4/c15-5-3-10-2-1-4-14(7-10)8-11-6-12(16)13(17)9-18-11/h6,9-10,15,17H,1-5,7-8H2. The molecule has 1 aromatic heterocycles. The largest absolute Gasteiger partial charge is 0.502 e. The van der Waals surface area contributed by atoms with Crippen LogP contribution in [0.1, 0.15) is 25.0 Å². The topological polar surface area (TPSA) is 73.9 Å². The average molecular weight is 253 g/mol. The molecule has 0 amide bonds. The summed E-state index contributed by atoms with van der Waals surface area (Å²) < 4.78 is 5.20. The van der Waals surface area contributed by atoms with E-state index >= 15 is 0 Å². The molecule has 0 spiro atoms. The lowest BCUT2D eigenvalue weighted by molar-refractivity contribution is 0.134. The molecule has 1 aromatic rings. The molecule has 1 fully saturated rings. The lowest BCUT2D eigenvalue weighted by Gasteiger charge is -2.31. The van der Waals surface area contributed by atoms with E-state index in [4.69, 9.17) is 14.6 Å². The second-order valence-corrected chi connectivity index (χ2v) is 4.85. The van der Waals surface area contributed by atoms with Crippen molar-refractivity contribution >= 4 is 0 Å². The van der Waals surface area contributed by atoms with Crippen molar-refractivity contribution in [1.29, 1.82) is 0 Å². The quantitative estimate of drug-likeness (QED) is 0.835. The van der Waals surface area contributed by atoms with Gasteiger partial charge in [0.05, 0.1) is 6.54 Å². The Bertz CT molecular complexity index is 441. The second-order valence-electron chi connectivity index (χ2n) is 4.85. The number of piperidine rings is 1. The molecule has 5 heteroatoms. The van der Waals surface area contributed by atoms with Crippen LogP contribution in [-0.4, -0.2) is 34.8 Å². The predicted octanol–water partition coefficient (Wildman–Crippen LogP) is 0.940. The first kappa shape index (κ1) is 13.1. The first-order valence-corrected chi connectivity index (χ1v) is 6.33. The Labute approximate surface area is 106 Å². The highest BCUT2D eigenvalue weighted by Gasteiger charge is 2.20. The number of aliphatic hydroxyl groups excluding tert-OH is 1. The summed E-state index contributed by atoms with van der Waals surface area (Å²) >= 11 is 0. The maximum Gasteiger partial charge on any atom is 0.226 e. The van der Waals surface area contributed by atoms with Crippen molar-refractivity contribution in [2.45, 2.75) is 25.8 Å². The Balaban J connectivity index is 1.96. The Morgan fingerprint density at radius 1 is 1.50 bits per heavy atom. The Morgan fingerprint density at radius 3 is 3.06 bits per heavy atom. The van der Waals surface area contributed by atoms with Gasteiger partial charge in [-0.2, -0.15) is 0 Å². The molecule has 0 saturated carbocycles. The van der Waals surface area contributed by atoms with E-state index in [1.54, 1.807) is 0 Å². The Hall–Kier alpha value is -1.33. The SMILES string of the molecule is O=c1cc(CN2CCCC(CCO)C2)occ1O. The monoisotopic (exact) mass is 253 g/mol. The normalized spacial score (nSPS) is 21.1. The van der Waals surface area contributed by atoms with Crippen LogP contribution in [0.4, 0.5) is 0 Å². The highest BCUT2D eigenvalue weighted by atomic mass is 16.4. The molecule has 2 rings (SSSR count). The lowest BCUT2D eigenvalue weighted by atomic mass is 9.95. The molecule has 1 unspecified atom stereocenters. The molecule has 1 aliphatic rings. The van der Waals surface area contributed by atoms with Crippen molar-refractivity contribution in [3.63, 3.8) is 0 Å². The second kappa shape index (κ2) is 6.02. The minimum absolute atomic E-state index is 0.229. The van der Waals surface area contributed by atoms with Crippen molar-refractivity contribution in [3.05, 3.63) is 28.3 Å². The van der Waals surface area contributed by atoms with Gasteiger partial charge < -0.3 is 14.6 Å². The van der Waals surface area contributed by atoms with Crippen molar-refractivity contribution in [3.8, 4) is 5.75 Å².